The minimum absolute atomic E-state index is 0.466. The summed E-state index contributed by atoms with van der Waals surface area (Å²) in [4.78, 5) is 0. The van der Waals surface area contributed by atoms with E-state index in [0.29, 0.717) is 11.8 Å². The molecule has 0 bridgehead atoms. The molecule has 2 N–H and O–H groups in total. The van der Waals surface area contributed by atoms with E-state index in [4.69, 9.17) is 0 Å². The summed E-state index contributed by atoms with van der Waals surface area (Å²) in [5.41, 5.74) is 2.48. The van der Waals surface area contributed by atoms with Crippen molar-refractivity contribution in [1.82, 2.24) is 5.32 Å². The first-order valence-corrected chi connectivity index (χ1v) is 7.39. The molecule has 0 spiro atoms. The Labute approximate surface area is 109 Å². The zero-order valence-electron chi connectivity index (χ0n) is 11.0. The van der Waals surface area contributed by atoms with Crippen molar-refractivity contribution in [2.24, 2.45) is 5.92 Å². The molecular formula is C16H23NO. The second-order valence-corrected chi connectivity index (χ2v) is 5.83. The molecule has 1 aromatic rings. The van der Waals surface area contributed by atoms with Gasteiger partial charge in [-0.25, -0.2) is 0 Å². The summed E-state index contributed by atoms with van der Waals surface area (Å²) in [6.45, 7) is 1.13. The molecule has 0 aromatic heterocycles. The summed E-state index contributed by atoms with van der Waals surface area (Å²) in [5, 5.41) is 13.5. The number of aromatic hydroxyl groups is 1. The Hall–Kier alpha value is -1.02. The van der Waals surface area contributed by atoms with Crippen LogP contribution in [0.2, 0.25) is 0 Å². The third-order valence-electron chi connectivity index (χ3n) is 4.66. The maximum Gasteiger partial charge on any atom is 0.119 e. The zero-order valence-corrected chi connectivity index (χ0v) is 11.0. The molecule has 98 valence electrons. The monoisotopic (exact) mass is 245 g/mol. The Bertz CT molecular complexity index is 410. The van der Waals surface area contributed by atoms with Gasteiger partial charge in [-0.1, -0.05) is 37.8 Å². The third kappa shape index (κ3) is 2.39. The lowest BCUT2D eigenvalue weighted by Crippen LogP contribution is -2.21. The first-order valence-electron chi connectivity index (χ1n) is 7.39. The van der Waals surface area contributed by atoms with Gasteiger partial charge in [0.05, 0.1) is 0 Å². The number of nitrogens with one attached hydrogen (secondary N) is 1. The fourth-order valence-electron chi connectivity index (χ4n) is 3.61. The van der Waals surface area contributed by atoms with Gasteiger partial charge in [-0.15, -0.1) is 0 Å². The average molecular weight is 245 g/mol. The highest BCUT2D eigenvalue weighted by Crippen LogP contribution is 2.36. The number of benzene rings is 1. The van der Waals surface area contributed by atoms with Gasteiger partial charge in [0.25, 0.3) is 0 Å². The highest BCUT2D eigenvalue weighted by Gasteiger charge is 2.24. The lowest BCUT2D eigenvalue weighted by atomic mass is 10.0. The fourth-order valence-corrected chi connectivity index (χ4v) is 3.61. The Morgan fingerprint density at radius 1 is 1.17 bits per heavy atom. The van der Waals surface area contributed by atoms with Crippen LogP contribution in [0.25, 0.3) is 0 Å². The standard InChI is InChI=1S/C16H23NO/c18-16-7-3-6-13-14(16)8-9-15(13)17-11-10-12-4-1-2-5-12/h3,6-7,12,15,17-18H,1-2,4-5,8-11H2. The van der Waals surface area contributed by atoms with Crippen molar-refractivity contribution in [2.75, 3.05) is 6.54 Å². The third-order valence-corrected chi connectivity index (χ3v) is 4.66. The number of phenolic OH excluding ortho intramolecular Hbond substituents is 1. The second-order valence-electron chi connectivity index (χ2n) is 5.83. The van der Waals surface area contributed by atoms with Crippen LogP contribution in [0.4, 0.5) is 0 Å². The minimum Gasteiger partial charge on any atom is -0.508 e. The topological polar surface area (TPSA) is 32.3 Å². The summed E-state index contributed by atoms with van der Waals surface area (Å²) in [6.07, 6.45) is 9.22. The molecule has 18 heavy (non-hydrogen) atoms. The van der Waals surface area contributed by atoms with Crippen LogP contribution < -0.4 is 5.32 Å². The van der Waals surface area contributed by atoms with E-state index in [9.17, 15) is 5.11 Å². The molecule has 2 heteroatoms. The molecule has 1 atom stereocenters. The quantitative estimate of drug-likeness (QED) is 0.850. The number of rotatable bonds is 4. The van der Waals surface area contributed by atoms with E-state index < -0.39 is 0 Å². The van der Waals surface area contributed by atoms with Crippen LogP contribution in [-0.4, -0.2) is 11.7 Å². The van der Waals surface area contributed by atoms with Crippen molar-refractivity contribution in [3.8, 4) is 5.75 Å². The Balaban J connectivity index is 1.54. The van der Waals surface area contributed by atoms with Gasteiger partial charge in [0, 0.05) is 6.04 Å². The lowest BCUT2D eigenvalue weighted by molar-refractivity contribution is 0.443. The van der Waals surface area contributed by atoms with Gasteiger partial charge in [0.15, 0.2) is 0 Å². The molecule has 0 aliphatic heterocycles. The molecule has 0 amide bonds. The van der Waals surface area contributed by atoms with Crippen molar-refractivity contribution >= 4 is 0 Å². The van der Waals surface area contributed by atoms with Gasteiger partial charge >= 0.3 is 0 Å². The van der Waals surface area contributed by atoms with Crippen molar-refractivity contribution in [2.45, 2.75) is 51.0 Å². The van der Waals surface area contributed by atoms with Gasteiger partial charge in [-0.3, -0.25) is 0 Å². The molecule has 2 aliphatic carbocycles. The van der Waals surface area contributed by atoms with Crippen LogP contribution in [-0.2, 0) is 6.42 Å². The fraction of sp³-hybridized carbons (Fsp3) is 0.625. The van der Waals surface area contributed by atoms with E-state index in [0.717, 1.165) is 30.9 Å². The van der Waals surface area contributed by atoms with E-state index in [1.165, 1.54) is 37.7 Å². The molecular weight excluding hydrogens is 222 g/mol. The Morgan fingerprint density at radius 3 is 2.83 bits per heavy atom. The SMILES string of the molecule is Oc1cccc2c1CCC2NCCC1CCCC1. The van der Waals surface area contributed by atoms with Gasteiger partial charge in [-0.05, 0) is 48.9 Å². The van der Waals surface area contributed by atoms with Crippen LogP contribution in [0.5, 0.6) is 5.75 Å². The highest BCUT2D eigenvalue weighted by atomic mass is 16.3. The molecule has 0 radical (unpaired) electrons. The Kier molecular flexibility index (Phi) is 3.55. The van der Waals surface area contributed by atoms with Gasteiger partial charge in [0.2, 0.25) is 0 Å². The van der Waals surface area contributed by atoms with Crippen LogP contribution in [0.1, 0.15) is 55.7 Å². The van der Waals surface area contributed by atoms with Crippen LogP contribution in [0, 0.1) is 5.92 Å². The Morgan fingerprint density at radius 2 is 2.00 bits per heavy atom. The van der Waals surface area contributed by atoms with E-state index in [-0.39, 0.29) is 0 Å². The molecule has 2 nitrogen and oxygen atoms in total. The molecule has 2 aliphatic rings. The number of phenols is 1. The number of fused-ring (bicyclic) bond motifs is 1. The molecule has 1 unspecified atom stereocenters. The highest BCUT2D eigenvalue weighted by molar-refractivity contribution is 5.44. The molecule has 1 fully saturated rings. The minimum atomic E-state index is 0.466. The second kappa shape index (κ2) is 5.31. The zero-order chi connectivity index (χ0) is 12.4. The largest absolute Gasteiger partial charge is 0.508 e. The summed E-state index contributed by atoms with van der Waals surface area (Å²) >= 11 is 0. The summed E-state index contributed by atoms with van der Waals surface area (Å²) in [5.74, 6) is 1.44. The van der Waals surface area contributed by atoms with Gasteiger partial charge in [0.1, 0.15) is 5.75 Å². The van der Waals surface area contributed by atoms with Crippen molar-refractivity contribution in [1.29, 1.82) is 0 Å². The molecule has 0 saturated heterocycles. The normalized spacial score (nSPS) is 23.4. The smallest absolute Gasteiger partial charge is 0.119 e. The van der Waals surface area contributed by atoms with Crippen LogP contribution in [0.15, 0.2) is 18.2 Å². The first-order chi connectivity index (χ1) is 8.84. The van der Waals surface area contributed by atoms with Crippen molar-refractivity contribution < 1.29 is 5.11 Å². The maximum absolute atomic E-state index is 9.82. The summed E-state index contributed by atoms with van der Waals surface area (Å²) in [7, 11) is 0. The van der Waals surface area contributed by atoms with Crippen LogP contribution in [0.3, 0.4) is 0 Å². The summed E-state index contributed by atoms with van der Waals surface area (Å²) in [6, 6.07) is 6.40. The van der Waals surface area contributed by atoms with Crippen molar-refractivity contribution in [3.05, 3.63) is 29.3 Å². The average Bonchev–Trinajstić information content (AvgIpc) is 3.00. The van der Waals surface area contributed by atoms with Crippen molar-refractivity contribution in [3.63, 3.8) is 0 Å². The molecule has 1 saturated carbocycles. The van der Waals surface area contributed by atoms with E-state index in [1.54, 1.807) is 6.07 Å². The van der Waals surface area contributed by atoms with Gasteiger partial charge < -0.3 is 10.4 Å². The predicted molar refractivity (Wildman–Crippen MR) is 73.7 cm³/mol. The molecule has 0 heterocycles. The number of hydrogen-bond acceptors (Lipinski definition) is 2. The predicted octanol–water partition coefficient (Wildman–Crippen LogP) is 3.55. The summed E-state index contributed by atoms with van der Waals surface area (Å²) < 4.78 is 0. The number of hydrogen-bond donors (Lipinski definition) is 2. The van der Waals surface area contributed by atoms with E-state index >= 15 is 0 Å². The van der Waals surface area contributed by atoms with E-state index in [1.807, 2.05) is 6.07 Å². The first kappa shape index (κ1) is 12.0. The van der Waals surface area contributed by atoms with E-state index in [2.05, 4.69) is 11.4 Å². The van der Waals surface area contributed by atoms with Gasteiger partial charge in [-0.2, -0.15) is 0 Å². The van der Waals surface area contributed by atoms with Crippen LogP contribution >= 0.6 is 0 Å². The lowest BCUT2D eigenvalue weighted by Gasteiger charge is -2.16. The molecule has 1 aromatic carbocycles. The molecule has 3 rings (SSSR count). The maximum atomic E-state index is 9.82.